The SMILES string of the molecule is COc1ccc2c(c1)[C@H](O)c1ccccc1CO2. The van der Waals surface area contributed by atoms with Gasteiger partial charge in [-0.25, -0.2) is 0 Å². The van der Waals surface area contributed by atoms with Crippen LogP contribution < -0.4 is 9.47 Å². The fourth-order valence-corrected chi connectivity index (χ4v) is 2.25. The molecule has 1 atom stereocenters. The van der Waals surface area contributed by atoms with E-state index in [1.54, 1.807) is 7.11 Å². The third-order valence-corrected chi connectivity index (χ3v) is 3.24. The van der Waals surface area contributed by atoms with E-state index in [2.05, 4.69) is 0 Å². The number of aliphatic hydroxyl groups excluding tert-OH is 1. The van der Waals surface area contributed by atoms with Crippen molar-refractivity contribution in [3.05, 3.63) is 59.2 Å². The number of rotatable bonds is 1. The second kappa shape index (κ2) is 4.35. The van der Waals surface area contributed by atoms with Crippen LogP contribution in [0.2, 0.25) is 0 Å². The molecule has 0 aliphatic carbocycles. The third-order valence-electron chi connectivity index (χ3n) is 3.24. The second-order valence-electron chi connectivity index (χ2n) is 4.29. The minimum absolute atomic E-state index is 0.479. The predicted octanol–water partition coefficient (Wildman–Crippen LogP) is 2.67. The lowest BCUT2D eigenvalue weighted by Crippen LogP contribution is -2.01. The summed E-state index contributed by atoms with van der Waals surface area (Å²) in [4.78, 5) is 0. The Morgan fingerprint density at radius 2 is 2.00 bits per heavy atom. The van der Waals surface area contributed by atoms with Gasteiger partial charge in [-0.15, -0.1) is 0 Å². The molecule has 1 heterocycles. The van der Waals surface area contributed by atoms with E-state index >= 15 is 0 Å². The van der Waals surface area contributed by atoms with Crippen LogP contribution in [0.3, 0.4) is 0 Å². The van der Waals surface area contributed by atoms with Crippen molar-refractivity contribution in [2.75, 3.05) is 7.11 Å². The number of hydrogen-bond donors (Lipinski definition) is 1. The van der Waals surface area contributed by atoms with E-state index in [9.17, 15) is 5.11 Å². The van der Waals surface area contributed by atoms with Gasteiger partial charge in [0.05, 0.1) is 7.11 Å². The number of methoxy groups -OCH3 is 1. The zero-order valence-corrected chi connectivity index (χ0v) is 10.1. The molecule has 3 heteroatoms. The lowest BCUT2D eigenvalue weighted by Gasteiger charge is -2.13. The molecule has 0 unspecified atom stereocenters. The van der Waals surface area contributed by atoms with Gasteiger partial charge in [0.15, 0.2) is 0 Å². The Bertz CT molecular complexity index is 578. The summed E-state index contributed by atoms with van der Waals surface area (Å²) in [6.07, 6.45) is -0.672. The Morgan fingerprint density at radius 1 is 1.17 bits per heavy atom. The fraction of sp³-hybridized carbons (Fsp3) is 0.200. The number of fused-ring (bicyclic) bond motifs is 2. The molecule has 0 aromatic heterocycles. The molecule has 2 aromatic rings. The summed E-state index contributed by atoms with van der Waals surface area (Å²) in [6, 6.07) is 13.3. The lowest BCUT2D eigenvalue weighted by molar-refractivity contribution is 0.217. The monoisotopic (exact) mass is 242 g/mol. The van der Waals surface area contributed by atoms with Crippen LogP contribution >= 0.6 is 0 Å². The molecule has 0 saturated carbocycles. The van der Waals surface area contributed by atoms with E-state index in [0.717, 1.165) is 22.4 Å². The van der Waals surface area contributed by atoms with Crippen molar-refractivity contribution in [2.45, 2.75) is 12.7 Å². The number of benzene rings is 2. The molecule has 1 aliphatic rings. The van der Waals surface area contributed by atoms with E-state index in [4.69, 9.17) is 9.47 Å². The van der Waals surface area contributed by atoms with Gasteiger partial charge in [-0.1, -0.05) is 24.3 Å². The second-order valence-corrected chi connectivity index (χ2v) is 4.29. The molecule has 0 fully saturated rings. The van der Waals surface area contributed by atoms with Crippen LogP contribution in [0.4, 0.5) is 0 Å². The highest BCUT2D eigenvalue weighted by Crippen LogP contribution is 2.37. The quantitative estimate of drug-likeness (QED) is 0.835. The molecule has 0 spiro atoms. The van der Waals surface area contributed by atoms with Crippen molar-refractivity contribution >= 4 is 0 Å². The molecular formula is C15H14O3. The van der Waals surface area contributed by atoms with Crippen molar-refractivity contribution in [1.29, 1.82) is 0 Å². The van der Waals surface area contributed by atoms with Crippen LogP contribution in [0.5, 0.6) is 11.5 Å². The third kappa shape index (κ3) is 1.73. The number of hydrogen-bond acceptors (Lipinski definition) is 3. The van der Waals surface area contributed by atoms with Crippen LogP contribution in [-0.4, -0.2) is 12.2 Å². The summed E-state index contributed by atoms with van der Waals surface area (Å²) >= 11 is 0. The summed E-state index contributed by atoms with van der Waals surface area (Å²) in [5.74, 6) is 1.43. The number of aliphatic hydroxyl groups is 1. The Hall–Kier alpha value is -2.00. The molecular weight excluding hydrogens is 228 g/mol. The fourth-order valence-electron chi connectivity index (χ4n) is 2.25. The highest BCUT2D eigenvalue weighted by molar-refractivity contribution is 5.48. The molecule has 0 bridgehead atoms. The van der Waals surface area contributed by atoms with Crippen LogP contribution in [0.15, 0.2) is 42.5 Å². The normalized spacial score (nSPS) is 17.1. The summed E-state index contributed by atoms with van der Waals surface area (Å²) in [5, 5.41) is 10.5. The standard InChI is InChI=1S/C15H14O3/c1-17-11-6-7-14-13(8-11)15(16)12-5-3-2-4-10(12)9-18-14/h2-8,15-16H,9H2,1H3/t15-/m1/s1. The van der Waals surface area contributed by atoms with E-state index in [1.165, 1.54) is 0 Å². The molecule has 92 valence electrons. The number of ether oxygens (including phenoxy) is 2. The largest absolute Gasteiger partial charge is 0.497 e. The zero-order chi connectivity index (χ0) is 12.5. The Labute approximate surface area is 106 Å². The van der Waals surface area contributed by atoms with Gasteiger partial charge in [0, 0.05) is 5.56 Å². The first-order valence-electron chi connectivity index (χ1n) is 5.86. The van der Waals surface area contributed by atoms with Crippen molar-refractivity contribution in [1.82, 2.24) is 0 Å². The van der Waals surface area contributed by atoms with Gasteiger partial charge >= 0.3 is 0 Å². The van der Waals surface area contributed by atoms with Gasteiger partial charge in [0.25, 0.3) is 0 Å². The van der Waals surface area contributed by atoms with Gasteiger partial charge in [-0.05, 0) is 29.3 Å². The van der Waals surface area contributed by atoms with Crippen LogP contribution in [0, 0.1) is 0 Å². The molecule has 1 N–H and O–H groups in total. The summed E-state index contributed by atoms with van der Waals surface area (Å²) < 4.78 is 10.9. The maximum absolute atomic E-state index is 10.5. The van der Waals surface area contributed by atoms with Gasteiger partial charge in [-0.3, -0.25) is 0 Å². The van der Waals surface area contributed by atoms with Gasteiger partial charge in [-0.2, -0.15) is 0 Å². The summed E-state index contributed by atoms with van der Waals surface area (Å²) in [5.41, 5.74) is 2.66. The van der Waals surface area contributed by atoms with Crippen molar-refractivity contribution < 1.29 is 14.6 Å². The van der Waals surface area contributed by atoms with E-state index in [-0.39, 0.29) is 0 Å². The Balaban J connectivity index is 2.14. The maximum Gasteiger partial charge on any atom is 0.126 e. The molecule has 1 aliphatic heterocycles. The Morgan fingerprint density at radius 3 is 2.83 bits per heavy atom. The molecule has 3 rings (SSSR count). The van der Waals surface area contributed by atoms with Gasteiger partial charge in [0.1, 0.15) is 24.2 Å². The van der Waals surface area contributed by atoms with Gasteiger partial charge < -0.3 is 14.6 Å². The van der Waals surface area contributed by atoms with Gasteiger partial charge in [0.2, 0.25) is 0 Å². The van der Waals surface area contributed by atoms with Crippen LogP contribution in [-0.2, 0) is 6.61 Å². The minimum Gasteiger partial charge on any atom is -0.497 e. The van der Waals surface area contributed by atoms with Crippen LogP contribution in [0.25, 0.3) is 0 Å². The lowest BCUT2D eigenvalue weighted by atomic mass is 9.97. The van der Waals surface area contributed by atoms with Crippen molar-refractivity contribution in [2.24, 2.45) is 0 Å². The maximum atomic E-state index is 10.5. The van der Waals surface area contributed by atoms with E-state index < -0.39 is 6.10 Å². The average molecular weight is 242 g/mol. The first-order valence-corrected chi connectivity index (χ1v) is 5.86. The molecule has 2 aromatic carbocycles. The first kappa shape index (κ1) is 11.1. The van der Waals surface area contributed by atoms with Crippen LogP contribution in [0.1, 0.15) is 22.8 Å². The smallest absolute Gasteiger partial charge is 0.126 e. The summed E-state index contributed by atoms with van der Waals surface area (Å²) in [7, 11) is 1.61. The van der Waals surface area contributed by atoms with Crippen molar-refractivity contribution in [3.63, 3.8) is 0 Å². The molecule has 0 saturated heterocycles. The highest BCUT2D eigenvalue weighted by Gasteiger charge is 2.22. The van der Waals surface area contributed by atoms with E-state index in [1.807, 2.05) is 42.5 Å². The van der Waals surface area contributed by atoms with E-state index in [0.29, 0.717) is 12.4 Å². The zero-order valence-electron chi connectivity index (χ0n) is 10.1. The minimum atomic E-state index is -0.672. The molecule has 0 amide bonds. The predicted molar refractivity (Wildman–Crippen MR) is 67.8 cm³/mol. The van der Waals surface area contributed by atoms with Crippen molar-refractivity contribution in [3.8, 4) is 11.5 Å². The average Bonchev–Trinajstić information content (AvgIpc) is 2.57. The molecule has 0 radical (unpaired) electrons. The topological polar surface area (TPSA) is 38.7 Å². The highest BCUT2D eigenvalue weighted by atomic mass is 16.5. The Kier molecular flexibility index (Phi) is 2.68. The first-order chi connectivity index (χ1) is 8.79. The summed E-state index contributed by atoms with van der Waals surface area (Å²) in [6.45, 7) is 0.479. The molecule has 18 heavy (non-hydrogen) atoms. The molecule has 3 nitrogen and oxygen atoms in total.